The number of aromatic amines is 1. The van der Waals surface area contributed by atoms with Crippen molar-refractivity contribution in [1.82, 2.24) is 10.3 Å². The van der Waals surface area contributed by atoms with Gasteiger partial charge in [-0.1, -0.05) is 62.6 Å². The van der Waals surface area contributed by atoms with E-state index in [2.05, 4.69) is 91.9 Å². The molecule has 0 aliphatic heterocycles. The van der Waals surface area contributed by atoms with Crippen LogP contribution in [0.2, 0.25) is 0 Å². The monoisotopic (exact) mass is 548 g/mol. The van der Waals surface area contributed by atoms with Crippen LogP contribution >= 0.6 is 0 Å². The normalized spacial score (nSPS) is 17.0. The number of nitrogens with one attached hydrogen (secondary N) is 2. The predicted octanol–water partition coefficient (Wildman–Crippen LogP) is 9.24. The Hall–Kier alpha value is -3.50. The smallest absolute Gasteiger partial charge is 0.124 e. The Labute approximate surface area is 245 Å². The van der Waals surface area contributed by atoms with E-state index in [1.54, 1.807) is 0 Å². The van der Waals surface area contributed by atoms with Gasteiger partial charge in [-0.25, -0.2) is 0 Å². The lowest BCUT2D eigenvalue weighted by Crippen LogP contribution is -2.30. The maximum atomic E-state index is 6.86. The molecule has 1 atom stereocenters. The van der Waals surface area contributed by atoms with Gasteiger partial charge in [0.05, 0.1) is 6.61 Å². The van der Waals surface area contributed by atoms with Gasteiger partial charge in [-0.05, 0) is 114 Å². The lowest BCUT2D eigenvalue weighted by atomic mass is 9.93. The molecule has 2 aliphatic rings. The van der Waals surface area contributed by atoms with Crippen molar-refractivity contribution in [2.45, 2.75) is 90.8 Å². The molecule has 4 nitrogen and oxygen atoms in total. The summed E-state index contributed by atoms with van der Waals surface area (Å²) in [4.78, 5) is 3.25. The number of ether oxygens (including phenoxy) is 2. The highest BCUT2D eigenvalue weighted by molar-refractivity contribution is 5.75. The van der Waals surface area contributed by atoms with Crippen molar-refractivity contribution < 1.29 is 9.47 Å². The third-order valence-corrected chi connectivity index (χ3v) is 9.02. The molecule has 41 heavy (non-hydrogen) atoms. The minimum atomic E-state index is 0.0498. The fourth-order valence-electron chi connectivity index (χ4n) is 6.76. The van der Waals surface area contributed by atoms with E-state index in [-0.39, 0.29) is 6.10 Å². The second-order valence-corrected chi connectivity index (χ2v) is 11.9. The average Bonchev–Trinajstić information content (AvgIpc) is 3.68. The predicted molar refractivity (Wildman–Crippen MR) is 169 cm³/mol. The highest BCUT2D eigenvalue weighted by Crippen LogP contribution is 2.43. The van der Waals surface area contributed by atoms with Gasteiger partial charge >= 0.3 is 0 Å². The first kappa shape index (κ1) is 27.7. The van der Waals surface area contributed by atoms with Gasteiger partial charge in [0.2, 0.25) is 0 Å². The Balaban J connectivity index is 1.27. The topological polar surface area (TPSA) is 46.3 Å². The molecular weight excluding hydrogens is 504 g/mol. The number of aryl methyl sites for hydroxylation is 1. The summed E-state index contributed by atoms with van der Waals surface area (Å²) in [7, 11) is 0. The summed E-state index contributed by atoms with van der Waals surface area (Å²) in [5.41, 5.74) is 11.5. The van der Waals surface area contributed by atoms with Gasteiger partial charge in [-0.15, -0.1) is 0 Å². The molecule has 1 fully saturated rings. The highest BCUT2D eigenvalue weighted by atomic mass is 16.5. The van der Waals surface area contributed by atoms with Crippen molar-refractivity contribution in [2.75, 3.05) is 6.61 Å². The van der Waals surface area contributed by atoms with E-state index in [1.165, 1.54) is 82.2 Å². The van der Waals surface area contributed by atoms with Gasteiger partial charge in [0, 0.05) is 25.0 Å². The van der Waals surface area contributed by atoms with Crippen LogP contribution in [-0.4, -0.2) is 17.6 Å². The number of hydrogen-bond acceptors (Lipinski definition) is 3. The molecule has 1 saturated carbocycles. The number of H-pyrrole nitrogens is 1. The van der Waals surface area contributed by atoms with Gasteiger partial charge in [0.1, 0.15) is 17.6 Å². The van der Waals surface area contributed by atoms with Crippen molar-refractivity contribution in [3.05, 3.63) is 94.8 Å². The zero-order valence-electron chi connectivity index (χ0n) is 24.9. The van der Waals surface area contributed by atoms with Crippen LogP contribution in [0.3, 0.4) is 0 Å². The molecule has 3 aromatic carbocycles. The number of benzene rings is 3. The van der Waals surface area contributed by atoms with Crippen LogP contribution in [0.5, 0.6) is 11.5 Å². The van der Waals surface area contributed by atoms with E-state index in [0.717, 1.165) is 43.9 Å². The fraction of sp³-hybridized carbons (Fsp3) is 0.405. The van der Waals surface area contributed by atoms with Crippen molar-refractivity contribution in [2.24, 2.45) is 0 Å². The molecule has 4 heteroatoms. The SMILES string of the molecule is CCCOc1cccc(-c2cccc3c2CC[C@@H]3Oc2cc(-c3cc[nH]c3)c(CNC3CCCCC3)cc2C)c1C. The van der Waals surface area contributed by atoms with Crippen LogP contribution in [0.1, 0.15) is 85.8 Å². The molecule has 4 aromatic rings. The Morgan fingerprint density at radius 3 is 2.51 bits per heavy atom. The van der Waals surface area contributed by atoms with Crippen molar-refractivity contribution >= 4 is 0 Å². The fourth-order valence-corrected chi connectivity index (χ4v) is 6.76. The Kier molecular flexibility index (Phi) is 8.48. The van der Waals surface area contributed by atoms with Gasteiger partial charge in [-0.3, -0.25) is 0 Å². The van der Waals surface area contributed by atoms with Gasteiger partial charge in [0.15, 0.2) is 0 Å². The summed E-state index contributed by atoms with van der Waals surface area (Å²) in [6, 6.07) is 20.5. The molecule has 0 amide bonds. The third-order valence-electron chi connectivity index (χ3n) is 9.02. The standard InChI is InChI=1S/C37H44N2O2/c1-4-20-40-35-15-9-12-30(26(35)3)31-13-8-14-33-32(31)16-17-36(33)41-37-22-34(27-18-19-38-23-27)28(21-25(37)2)24-39-29-10-6-5-7-11-29/h8-9,12-15,18-19,21-23,29,36,38-39H,4-7,10-11,16-17,20,24H2,1-3H3/t36-/m0/s1. The Morgan fingerprint density at radius 1 is 0.878 bits per heavy atom. The van der Waals surface area contributed by atoms with E-state index in [9.17, 15) is 0 Å². The molecule has 6 rings (SSSR count). The molecule has 2 N–H and O–H groups in total. The summed E-state index contributed by atoms with van der Waals surface area (Å²) in [5.74, 6) is 1.97. The summed E-state index contributed by atoms with van der Waals surface area (Å²) in [6.07, 6.45) is 13.8. The molecule has 0 saturated heterocycles. The first-order valence-electron chi connectivity index (χ1n) is 15.6. The van der Waals surface area contributed by atoms with Crippen LogP contribution in [0.25, 0.3) is 22.3 Å². The molecular formula is C37H44N2O2. The van der Waals surface area contributed by atoms with Crippen LogP contribution in [0.15, 0.2) is 67.0 Å². The Morgan fingerprint density at radius 2 is 1.71 bits per heavy atom. The summed E-state index contributed by atoms with van der Waals surface area (Å²) in [5, 5.41) is 3.85. The molecule has 1 aromatic heterocycles. The maximum Gasteiger partial charge on any atom is 0.124 e. The lowest BCUT2D eigenvalue weighted by molar-refractivity contribution is 0.206. The molecule has 214 valence electrons. The largest absolute Gasteiger partial charge is 0.493 e. The van der Waals surface area contributed by atoms with E-state index in [0.29, 0.717) is 6.04 Å². The zero-order chi connectivity index (χ0) is 28.2. The summed E-state index contributed by atoms with van der Waals surface area (Å²) < 4.78 is 12.9. The van der Waals surface area contributed by atoms with Crippen LogP contribution in [0, 0.1) is 13.8 Å². The number of rotatable bonds is 10. The third kappa shape index (κ3) is 5.94. The second kappa shape index (κ2) is 12.6. The number of hydrogen-bond donors (Lipinski definition) is 2. The quantitative estimate of drug-likeness (QED) is 0.208. The summed E-state index contributed by atoms with van der Waals surface area (Å²) >= 11 is 0. The molecule has 0 spiro atoms. The maximum absolute atomic E-state index is 6.86. The molecule has 0 bridgehead atoms. The molecule has 1 heterocycles. The van der Waals surface area contributed by atoms with E-state index >= 15 is 0 Å². The minimum absolute atomic E-state index is 0.0498. The summed E-state index contributed by atoms with van der Waals surface area (Å²) in [6.45, 7) is 8.15. The van der Waals surface area contributed by atoms with Crippen LogP contribution in [-0.2, 0) is 13.0 Å². The first-order valence-corrected chi connectivity index (χ1v) is 15.6. The van der Waals surface area contributed by atoms with Crippen LogP contribution < -0.4 is 14.8 Å². The van der Waals surface area contributed by atoms with E-state index in [1.807, 2.05) is 6.20 Å². The Bertz CT molecular complexity index is 1470. The van der Waals surface area contributed by atoms with Gasteiger partial charge < -0.3 is 19.8 Å². The number of fused-ring (bicyclic) bond motifs is 1. The zero-order valence-corrected chi connectivity index (χ0v) is 24.9. The van der Waals surface area contributed by atoms with Crippen molar-refractivity contribution in [3.8, 4) is 33.8 Å². The number of aromatic nitrogens is 1. The molecule has 2 aliphatic carbocycles. The highest BCUT2D eigenvalue weighted by Gasteiger charge is 2.28. The van der Waals surface area contributed by atoms with Gasteiger partial charge in [-0.2, -0.15) is 0 Å². The lowest BCUT2D eigenvalue weighted by Gasteiger charge is -2.24. The van der Waals surface area contributed by atoms with Crippen LogP contribution in [0.4, 0.5) is 0 Å². The second-order valence-electron chi connectivity index (χ2n) is 11.9. The van der Waals surface area contributed by atoms with Crippen molar-refractivity contribution in [1.29, 1.82) is 0 Å². The van der Waals surface area contributed by atoms with E-state index < -0.39 is 0 Å². The molecule has 0 radical (unpaired) electrons. The average molecular weight is 549 g/mol. The molecule has 0 unspecified atom stereocenters. The first-order chi connectivity index (χ1) is 20.1. The van der Waals surface area contributed by atoms with E-state index in [4.69, 9.17) is 9.47 Å². The minimum Gasteiger partial charge on any atom is -0.493 e. The van der Waals surface area contributed by atoms with Gasteiger partial charge in [0.25, 0.3) is 0 Å². The van der Waals surface area contributed by atoms with Crippen molar-refractivity contribution in [3.63, 3.8) is 0 Å².